The van der Waals surface area contributed by atoms with Crippen molar-refractivity contribution in [2.45, 2.75) is 38.4 Å². The lowest BCUT2D eigenvalue weighted by Crippen LogP contribution is -2.44. The van der Waals surface area contributed by atoms with Crippen molar-refractivity contribution in [3.05, 3.63) is 30.1 Å². The van der Waals surface area contributed by atoms with Gasteiger partial charge in [-0.25, -0.2) is 4.39 Å². The Labute approximate surface area is 153 Å². The van der Waals surface area contributed by atoms with E-state index in [1.165, 1.54) is 6.07 Å². The Kier molecular flexibility index (Phi) is 7.84. The maximum atomic E-state index is 13.7. The van der Waals surface area contributed by atoms with Gasteiger partial charge in [-0.15, -0.1) is 0 Å². The maximum absolute atomic E-state index is 13.7. The number of guanidine groups is 1. The number of ether oxygens (including phenoxy) is 1. The van der Waals surface area contributed by atoms with Gasteiger partial charge >= 0.3 is 0 Å². The molecule has 1 saturated heterocycles. The standard InChI is InChI=1S/C18H28FN3O2S/c1-3-14(24-16-8-6-5-7-15(16)19)11-21-17(20-4-2)22-12-18(23)9-10-25-13-18/h5-8,14,23H,3-4,9-13H2,1-2H3,(H2,20,21,22). The van der Waals surface area contributed by atoms with E-state index in [1.807, 2.05) is 13.8 Å². The lowest BCUT2D eigenvalue weighted by molar-refractivity contribution is 0.0778. The van der Waals surface area contributed by atoms with Crippen molar-refractivity contribution >= 4 is 17.7 Å². The van der Waals surface area contributed by atoms with Gasteiger partial charge in [0.25, 0.3) is 0 Å². The van der Waals surface area contributed by atoms with Crippen molar-refractivity contribution in [3.8, 4) is 5.75 Å². The Bertz CT molecular complexity index is 565. The van der Waals surface area contributed by atoms with Crippen molar-refractivity contribution in [2.75, 3.05) is 31.1 Å². The zero-order chi connectivity index (χ0) is 18.1. The Morgan fingerprint density at radius 3 is 2.84 bits per heavy atom. The summed E-state index contributed by atoms with van der Waals surface area (Å²) in [6, 6.07) is 6.42. The fraction of sp³-hybridized carbons (Fsp3) is 0.611. The Hall–Kier alpha value is -1.47. The summed E-state index contributed by atoms with van der Waals surface area (Å²) in [7, 11) is 0. The van der Waals surface area contributed by atoms with Gasteiger partial charge in [-0.05, 0) is 37.7 Å². The van der Waals surface area contributed by atoms with Gasteiger partial charge in [0.2, 0.25) is 0 Å². The van der Waals surface area contributed by atoms with Crippen LogP contribution in [0.5, 0.6) is 5.75 Å². The Morgan fingerprint density at radius 2 is 2.20 bits per heavy atom. The molecule has 1 aromatic carbocycles. The summed E-state index contributed by atoms with van der Waals surface area (Å²) in [5.74, 6) is 2.25. The summed E-state index contributed by atoms with van der Waals surface area (Å²) < 4.78 is 19.5. The van der Waals surface area contributed by atoms with E-state index in [2.05, 4.69) is 15.6 Å². The molecular formula is C18H28FN3O2S. The minimum absolute atomic E-state index is 0.175. The van der Waals surface area contributed by atoms with Crippen LogP contribution in [0.1, 0.15) is 26.7 Å². The average molecular weight is 370 g/mol. The van der Waals surface area contributed by atoms with E-state index < -0.39 is 5.60 Å². The van der Waals surface area contributed by atoms with Crippen molar-refractivity contribution in [2.24, 2.45) is 4.99 Å². The summed E-state index contributed by atoms with van der Waals surface area (Å²) in [5, 5.41) is 16.8. The van der Waals surface area contributed by atoms with Gasteiger partial charge in [0.1, 0.15) is 6.10 Å². The molecular weight excluding hydrogens is 341 g/mol. The highest BCUT2D eigenvalue weighted by Crippen LogP contribution is 2.27. The summed E-state index contributed by atoms with van der Waals surface area (Å²) >= 11 is 1.75. The highest BCUT2D eigenvalue weighted by Gasteiger charge is 2.31. The zero-order valence-electron chi connectivity index (χ0n) is 14.9. The van der Waals surface area contributed by atoms with Crippen LogP contribution in [0, 0.1) is 5.82 Å². The summed E-state index contributed by atoms with van der Waals surface area (Å²) in [6.45, 7) is 5.59. The quantitative estimate of drug-likeness (QED) is 0.485. The van der Waals surface area contributed by atoms with Gasteiger partial charge < -0.3 is 20.5 Å². The number of halogens is 1. The molecule has 1 heterocycles. The van der Waals surface area contributed by atoms with Crippen molar-refractivity contribution < 1.29 is 14.2 Å². The third kappa shape index (κ3) is 6.40. The predicted molar refractivity (Wildman–Crippen MR) is 102 cm³/mol. The van der Waals surface area contributed by atoms with Crippen LogP contribution < -0.4 is 15.4 Å². The number of hydrogen-bond acceptors (Lipinski definition) is 4. The van der Waals surface area contributed by atoms with Crippen LogP contribution in [-0.2, 0) is 0 Å². The largest absolute Gasteiger partial charge is 0.486 e. The molecule has 2 unspecified atom stereocenters. The molecule has 140 valence electrons. The van der Waals surface area contributed by atoms with Crippen molar-refractivity contribution in [3.63, 3.8) is 0 Å². The summed E-state index contributed by atoms with van der Waals surface area (Å²) in [5.41, 5.74) is -0.707. The van der Waals surface area contributed by atoms with E-state index in [0.717, 1.165) is 30.9 Å². The molecule has 1 aliphatic rings. The first-order valence-corrected chi connectivity index (χ1v) is 9.95. The number of aliphatic imine (C=N–C) groups is 1. The second kappa shape index (κ2) is 9.87. The minimum Gasteiger partial charge on any atom is -0.486 e. The third-order valence-corrected chi connectivity index (χ3v) is 5.28. The smallest absolute Gasteiger partial charge is 0.191 e. The van der Waals surface area contributed by atoms with E-state index in [0.29, 0.717) is 19.0 Å². The third-order valence-electron chi connectivity index (χ3n) is 4.04. The van der Waals surface area contributed by atoms with E-state index in [-0.39, 0.29) is 17.7 Å². The van der Waals surface area contributed by atoms with Crippen LogP contribution >= 0.6 is 11.8 Å². The summed E-state index contributed by atoms with van der Waals surface area (Å²) in [6.07, 6.45) is 1.33. The number of nitrogens with zero attached hydrogens (tertiary/aromatic N) is 1. The van der Waals surface area contributed by atoms with Crippen LogP contribution in [-0.4, -0.2) is 53.9 Å². The average Bonchev–Trinajstić information content (AvgIpc) is 3.04. The molecule has 0 bridgehead atoms. The molecule has 0 radical (unpaired) electrons. The van der Waals surface area contributed by atoms with Crippen LogP contribution in [0.25, 0.3) is 0 Å². The fourth-order valence-electron chi connectivity index (χ4n) is 2.49. The van der Waals surface area contributed by atoms with Gasteiger partial charge in [-0.2, -0.15) is 11.8 Å². The van der Waals surface area contributed by atoms with E-state index in [9.17, 15) is 9.50 Å². The normalized spacial score (nSPS) is 21.8. The highest BCUT2D eigenvalue weighted by atomic mass is 32.2. The molecule has 25 heavy (non-hydrogen) atoms. The molecule has 2 atom stereocenters. The molecule has 1 aromatic rings. The molecule has 0 aliphatic carbocycles. The minimum atomic E-state index is -0.707. The number of nitrogens with one attached hydrogen (secondary N) is 2. The molecule has 5 nitrogen and oxygen atoms in total. The lowest BCUT2D eigenvalue weighted by Gasteiger charge is -2.22. The Morgan fingerprint density at radius 1 is 1.40 bits per heavy atom. The molecule has 0 aromatic heterocycles. The molecule has 0 amide bonds. The van der Waals surface area contributed by atoms with Crippen LogP contribution in [0.3, 0.4) is 0 Å². The van der Waals surface area contributed by atoms with Crippen molar-refractivity contribution in [1.29, 1.82) is 0 Å². The number of benzene rings is 1. The van der Waals surface area contributed by atoms with E-state index in [1.54, 1.807) is 30.0 Å². The molecule has 2 rings (SSSR count). The first kappa shape index (κ1) is 19.8. The second-order valence-corrected chi connectivity index (χ2v) is 7.29. The molecule has 1 fully saturated rings. The van der Waals surface area contributed by atoms with E-state index in [4.69, 9.17) is 4.74 Å². The first-order chi connectivity index (χ1) is 12.1. The first-order valence-electron chi connectivity index (χ1n) is 8.80. The number of rotatable bonds is 8. The van der Waals surface area contributed by atoms with Crippen LogP contribution in [0.15, 0.2) is 29.3 Å². The fourth-order valence-corrected chi connectivity index (χ4v) is 3.77. The van der Waals surface area contributed by atoms with E-state index >= 15 is 0 Å². The Balaban J connectivity index is 1.90. The SMILES string of the molecule is CCNC(=NCC1(O)CCSC1)NCC(CC)Oc1ccccc1F. The molecule has 0 spiro atoms. The van der Waals surface area contributed by atoms with Gasteiger partial charge in [0.15, 0.2) is 17.5 Å². The summed E-state index contributed by atoms with van der Waals surface area (Å²) in [4.78, 5) is 4.50. The molecule has 3 N–H and O–H groups in total. The topological polar surface area (TPSA) is 65.9 Å². The van der Waals surface area contributed by atoms with Crippen LogP contribution in [0.2, 0.25) is 0 Å². The van der Waals surface area contributed by atoms with Gasteiger partial charge in [0, 0.05) is 12.3 Å². The monoisotopic (exact) mass is 369 g/mol. The van der Waals surface area contributed by atoms with Gasteiger partial charge in [-0.1, -0.05) is 19.1 Å². The predicted octanol–water partition coefficient (Wildman–Crippen LogP) is 2.41. The number of aliphatic hydroxyl groups is 1. The second-order valence-electron chi connectivity index (χ2n) is 6.18. The molecule has 1 aliphatic heterocycles. The number of hydrogen-bond donors (Lipinski definition) is 3. The molecule has 7 heteroatoms. The zero-order valence-corrected chi connectivity index (χ0v) is 15.7. The van der Waals surface area contributed by atoms with Crippen molar-refractivity contribution in [1.82, 2.24) is 10.6 Å². The molecule has 0 saturated carbocycles. The van der Waals surface area contributed by atoms with Gasteiger partial charge in [0.05, 0.1) is 18.7 Å². The highest BCUT2D eigenvalue weighted by molar-refractivity contribution is 7.99. The number of para-hydroxylation sites is 1. The number of thioether (sulfide) groups is 1. The van der Waals surface area contributed by atoms with Crippen LogP contribution in [0.4, 0.5) is 4.39 Å². The maximum Gasteiger partial charge on any atom is 0.191 e. The lowest BCUT2D eigenvalue weighted by atomic mass is 10.1. The van der Waals surface area contributed by atoms with Gasteiger partial charge in [-0.3, -0.25) is 4.99 Å².